The Morgan fingerprint density at radius 3 is 2.79 bits per heavy atom. The molecule has 1 aromatic carbocycles. The molecule has 0 spiro atoms. The number of carbonyl (C=O) groups excluding carboxylic acids is 1. The Balaban J connectivity index is 0.000000320. The van der Waals surface area contributed by atoms with Gasteiger partial charge in [0.1, 0.15) is 24.3 Å². The minimum atomic E-state index is -0.103. The van der Waals surface area contributed by atoms with Crippen LogP contribution >= 0.6 is 13.5 Å². The van der Waals surface area contributed by atoms with Crippen LogP contribution in [0.3, 0.4) is 0 Å². The molecule has 0 bridgehead atoms. The second kappa shape index (κ2) is 15.4. The number of likely N-dealkylation sites (tertiary alicyclic amines) is 1. The number of hydrogen-bond acceptors (Lipinski definition) is 8. The van der Waals surface area contributed by atoms with E-state index in [2.05, 4.69) is 62.5 Å². The minimum Gasteiger partial charge on any atom is -0.462 e. The first kappa shape index (κ1) is 32.6. The number of fused-ring (bicyclic) bond motifs is 2. The molecule has 1 amide bonds. The largest absolute Gasteiger partial charge is 0.462 e. The second-order valence-electron chi connectivity index (χ2n) is 10.4. The van der Waals surface area contributed by atoms with Crippen molar-refractivity contribution in [1.29, 1.82) is 0 Å². The van der Waals surface area contributed by atoms with Crippen molar-refractivity contribution < 1.29 is 9.53 Å². The van der Waals surface area contributed by atoms with Crippen molar-refractivity contribution in [2.75, 3.05) is 50.5 Å². The molecule has 5 rings (SSSR count). The number of nitrogens with zero attached hydrogens (tertiary/aromatic N) is 7. The number of ether oxygens (including phenoxy) is 1. The van der Waals surface area contributed by atoms with E-state index in [-0.39, 0.29) is 25.4 Å². The number of aromatic nitrogens is 3. The van der Waals surface area contributed by atoms with Gasteiger partial charge in [0.25, 0.3) is 0 Å². The number of nitrogens with two attached hydrogens (primary N) is 1. The summed E-state index contributed by atoms with van der Waals surface area (Å²) in [5.41, 5.74) is 8.22. The Bertz CT molecular complexity index is 1410. The van der Waals surface area contributed by atoms with Gasteiger partial charge in [0, 0.05) is 36.3 Å². The maximum absolute atomic E-state index is 11.2. The van der Waals surface area contributed by atoms with Crippen molar-refractivity contribution in [3.05, 3.63) is 71.9 Å². The minimum absolute atomic E-state index is 0. The molecule has 4 heterocycles. The summed E-state index contributed by atoms with van der Waals surface area (Å²) < 4.78 is 5.94. The topological polar surface area (TPSA) is 105 Å². The van der Waals surface area contributed by atoms with Crippen LogP contribution in [0.1, 0.15) is 37.9 Å². The van der Waals surface area contributed by atoms with E-state index in [0.717, 1.165) is 48.4 Å². The van der Waals surface area contributed by atoms with Crippen LogP contribution in [0.4, 0.5) is 11.6 Å². The molecule has 1 saturated heterocycles. The van der Waals surface area contributed by atoms with Gasteiger partial charge in [0.05, 0.1) is 12.2 Å². The number of pyridine rings is 1. The molecule has 10 nitrogen and oxygen atoms in total. The maximum atomic E-state index is 11.2. The monoisotopic (exact) mass is 590 g/mol. The van der Waals surface area contributed by atoms with Crippen LogP contribution < -0.4 is 15.4 Å². The van der Waals surface area contributed by atoms with Gasteiger partial charge in [-0.15, -0.1) is 0 Å². The quantitative estimate of drug-likeness (QED) is 0.309. The Morgan fingerprint density at radius 2 is 2.10 bits per heavy atom. The summed E-state index contributed by atoms with van der Waals surface area (Å²) in [6.07, 6.45) is 6.32. The molecule has 1 unspecified atom stereocenters. The summed E-state index contributed by atoms with van der Waals surface area (Å²) in [4.78, 5) is 34.4. The van der Waals surface area contributed by atoms with Crippen LogP contribution in [0.5, 0.6) is 6.01 Å². The molecule has 11 heteroatoms. The van der Waals surface area contributed by atoms with Gasteiger partial charge < -0.3 is 30.0 Å². The second-order valence-corrected chi connectivity index (χ2v) is 10.4. The average Bonchev–Trinajstić information content (AvgIpc) is 3.40. The third-order valence-electron chi connectivity index (χ3n) is 7.79. The lowest BCUT2D eigenvalue weighted by molar-refractivity contribution is -0.127. The van der Waals surface area contributed by atoms with Gasteiger partial charge >= 0.3 is 6.01 Å². The first-order valence-electron chi connectivity index (χ1n) is 14.2. The van der Waals surface area contributed by atoms with E-state index in [0.29, 0.717) is 44.1 Å². The van der Waals surface area contributed by atoms with Gasteiger partial charge in [-0.2, -0.15) is 23.5 Å². The highest BCUT2D eigenvalue weighted by Gasteiger charge is 2.25. The normalized spacial score (nSPS) is 16.7. The van der Waals surface area contributed by atoms with E-state index in [9.17, 15) is 4.79 Å². The highest BCUT2D eigenvalue weighted by atomic mass is 32.1. The molecule has 0 saturated carbocycles. The Kier molecular flexibility index (Phi) is 11.9. The number of carbonyl (C=O) groups is 1. The number of benzene rings is 1. The highest BCUT2D eigenvalue weighted by molar-refractivity contribution is 7.59. The van der Waals surface area contributed by atoms with Crippen LogP contribution in [0.25, 0.3) is 15.6 Å². The van der Waals surface area contributed by atoms with Crippen molar-refractivity contribution in [3.63, 3.8) is 0 Å². The molecule has 2 aliphatic heterocycles. The molecule has 0 aliphatic carbocycles. The third kappa shape index (κ3) is 7.69. The number of rotatable bonds is 8. The van der Waals surface area contributed by atoms with Crippen molar-refractivity contribution in [2.24, 2.45) is 0 Å². The zero-order valence-electron chi connectivity index (χ0n) is 24.8. The molecule has 2 aromatic heterocycles. The summed E-state index contributed by atoms with van der Waals surface area (Å²) >= 11 is 0. The molecular weight excluding hydrogens is 548 g/mol. The predicted octanol–water partition coefficient (Wildman–Crippen LogP) is 4.08. The number of nitrogen functional groups attached to an aromatic ring is 1. The summed E-state index contributed by atoms with van der Waals surface area (Å²) in [6.45, 7) is 18.0. The predicted molar refractivity (Wildman–Crippen MR) is 173 cm³/mol. The number of likely N-dealkylation sites (N-methyl/N-ethyl adjacent to an activating group) is 2. The van der Waals surface area contributed by atoms with E-state index in [1.54, 1.807) is 4.90 Å². The molecule has 2 N–H and O–H groups in total. The van der Waals surface area contributed by atoms with Gasteiger partial charge in [0.15, 0.2) is 0 Å². The van der Waals surface area contributed by atoms with Crippen LogP contribution in [-0.4, -0.2) is 82.6 Å². The number of hydrogen-bond donors (Lipinski definition) is 1. The lowest BCUT2D eigenvalue weighted by Gasteiger charge is -2.30. The molecule has 1 fully saturated rings. The van der Waals surface area contributed by atoms with Crippen LogP contribution in [0.15, 0.2) is 49.2 Å². The molecule has 3 aromatic rings. The SMILES string of the molecule is CN1CCC[C@H]1COc1nc(N)c2c(n1)CN(c1nccc3ccccc13)CC2.S.[C-]#[N+]CC(C)N(CC)C(=O)C=C. The third-order valence-corrected chi connectivity index (χ3v) is 7.79. The fourth-order valence-electron chi connectivity index (χ4n) is 5.43. The van der Waals surface area contributed by atoms with Crippen LogP contribution in [0, 0.1) is 6.57 Å². The molecule has 2 atom stereocenters. The van der Waals surface area contributed by atoms with E-state index < -0.39 is 0 Å². The van der Waals surface area contributed by atoms with Gasteiger partial charge in [0.2, 0.25) is 12.5 Å². The van der Waals surface area contributed by atoms with E-state index in [1.807, 2.05) is 26.1 Å². The molecule has 2 aliphatic rings. The van der Waals surface area contributed by atoms with Crippen LogP contribution in [0.2, 0.25) is 0 Å². The molecular formula is C31H42N8O2S. The van der Waals surface area contributed by atoms with Crippen LogP contribution in [-0.2, 0) is 17.8 Å². The first-order chi connectivity index (χ1) is 19.9. The number of anilines is 2. The lowest BCUT2D eigenvalue weighted by atomic mass is 10.0. The van der Waals surface area contributed by atoms with E-state index in [4.69, 9.17) is 22.0 Å². The zero-order chi connectivity index (χ0) is 29.4. The van der Waals surface area contributed by atoms with E-state index in [1.165, 1.54) is 17.9 Å². The van der Waals surface area contributed by atoms with Gasteiger partial charge in [-0.3, -0.25) is 4.79 Å². The first-order valence-corrected chi connectivity index (χ1v) is 14.2. The summed E-state index contributed by atoms with van der Waals surface area (Å²) in [7, 11) is 2.14. The summed E-state index contributed by atoms with van der Waals surface area (Å²) in [6, 6.07) is 11.2. The lowest BCUT2D eigenvalue weighted by Crippen LogP contribution is -2.38. The number of amides is 1. The van der Waals surface area contributed by atoms with Gasteiger partial charge in [-0.25, -0.2) is 11.6 Å². The standard InChI is InChI=1S/C22H26N6O.C9H14N2O.H2S/c1-27-11-4-6-16(27)14-29-22-25-19-13-28(12-9-18(19)20(23)26-22)21-17-7-3-2-5-15(17)8-10-24-21;1-5-9(12)11(6-2)8(3)7-10-4;/h2-3,5,7-8,10,16H,4,6,9,11-14H2,1H3,(H2,23,25,26);5,8H,1,6-7H2,2-3H3;1H2/t16-;;/m0../s1. The molecule has 0 radical (unpaired) electrons. The van der Waals surface area contributed by atoms with E-state index >= 15 is 0 Å². The Morgan fingerprint density at radius 1 is 1.31 bits per heavy atom. The average molecular weight is 591 g/mol. The highest BCUT2D eigenvalue weighted by Crippen LogP contribution is 2.30. The fraction of sp³-hybridized carbons (Fsp3) is 0.452. The zero-order valence-corrected chi connectivity index (χ0v) is 25.8. The fourth-order valence-corrected chi connectivity index (χ4v) is 5.43. The van der Waals surface area contributed by atoms with Gasteiger partial charge in [-0.05, 0) is 64.2 Å². The molecule has 224 valence electrons. The Labute approximate surface area is 255 Å². The summed E-state index contributed by atoms with van der Waals surface area (Å²) in [5.74, 6) is 1.42. The van der Waals surface area contributed by atoms with Crippen molar-refractivity contribution in [1.82, 2.24) is 24.8 Å². The van der Waals surface area contributed by atoms with Crippen molar-refractivity contribution >= 4 is 41.8 Å². The molecule has 42 heavy (non-hydrogen) atoms. The maximum Gasteiger partial charge on any atom is 0.318 e. The van der Waals surface area contributed by atoms with Crippen molar-refractivity contribution in [3.8, 4) is 6.01 Å². The summed E-state index contributed by atoms with van der Waals surface area (Å²) in [5, 5.41) is 2.34. The van der Waals surface area contributed by atoms with Crippen molar-refractivity contribution in [2.45, 2.75) is 51.7 Å². The van der Waals surface area contributed by atoms with Gasteiger partial charge in [-0.1, -0.05) is 30.8 Å². The Hall–Kier alpha value is -3.88. The smallest absolute Gasteiger partial charge is 0.318 e.